The van der Waals surface area contributed by atoms with Gasteiger partial charge in [-0.1, -0.05) is 6.58 Å². The highest BCUT2D eigenvalue weighted by atomic mass is 16.5. The van der Waals surface area contributed by atoms with Crippen molar-refractivity contribution in [1.29, 1.82) is 0 Å². The molecule has 3 heteroatoms. The summed E-state index contributed by atoms with van der Waals surface area (Å²) in [6.45, 7) is 7.67. The molecule has 3 nitrogen and oxygen atoms in total. The van der Waals surface area contributed by atoms with Crippen molar-refractivity contribution in [2.45, 2.75) is 13.8 Å². The Morgan fingerprint density at radius 1 is 1.62 bits per heavy atom. The fourth-order valence-electron chi connectivity index (χ4n) is 0.866. The predicted molar refractivity (Wildman–Crippen MR) is 50.0 cm³/mol. The largest absolute Gasteiger partial charge is 0.489 e. The van der Waals surface area contributed by atoms with Gasteiger partial charge in [-0.15, -0.1) is 0 Å². The van der Waals surface area contributed by atoms with E-state index in [-0.39, 0.29) is 0 Å². The standard InChI is InChI=1S/C10H12O3/c1-7(2)6-12-9-4-8(3)13-10(11)5-9/h4-5H,1,6H2,2-3H3. The molecular weight excluding hydrogens is 168 g/mol. The zero-order chi connectivity index (χ0) is 9.84. The third-order valence-electron chi connectivity index (χ3n) is 1.35. The van der Waals surface area contributed by atoms with Crippen molar-refractivity contribution < 1.29 is 9.15 Å². The molecule has 0 bridgehead atoms. The van der Waals surface area contributed by atoms with Crippen molar-refractivity contribution in [2.24, 2.45) is 0 Å². The van der Waals surface area contributed by atoms with Crippen LogP contribution in [0.25, 0.3) is 0 Å². The zero-order valence-electron chi connectivity index (χ0n) is 7.79. The van der Waals surface area contributed by atoms with E-state index in [9.17, 15) is 4.79 Å². The number of hydrogen-bond acceptors (Lipinski definition) is 3. The van der Waals surface area contributed by atoms with Crippen molar-refractivity contribution in [3.8, 4) is 5.75 Å². The first-order valence-corrected chi connectivity index (χ1v) is 3.97. The average molecular weight is 180 g/mol. The van der Waals surface area contributed by atoms with Gasteiger partial charge >= 0.3 is 5.63 Å². The van der Waals surface area contributed by atoms with Crippen LogP contribution in [0.2, 0.25) is 0 Å². The van der Waals surface area contributed by atoms with Crippen LogP contribution in [0.15, 0.2) is 33.5 Å². The smallest absolute Gasteiger partial charge is 0.339 e. The van der Waals surface area contributed by atoms with Crippen molar-refractivity contribution in [3.63, 3.8) is 0 Å². The lowest BCUT2D eigenvalue weighted by Crippen LogP contribution is -2.03. The van der Waals surface area contributed by atoms with E-state index in [0.717, 1.165) is 5.57 Å². The van der Waals surface area contributed by atoms with E-state index >= 15 is 0 Å². The third kappa shape index (κ3) is 3.15. The van der Waals surface area contributed by atoms with Crippen LogP contribution in [0.1, 0.15) is 12.7 Å². The van der Waals surface area contributed by atoms with Gasteiger partial charge in [0.25, 0.3) is 0 Å². The van der Waals surface area contributed by atoms with Crippen LogP contribution in [0, 0.1) is 6.92 Å². The Hall–Kier alpha value is -1.51. The lowest BCUT2D eigenvalue weighted by atomic mass is 10.3. The quantitative estimate of drug-likeness (QED) is 0.667. The Bertz CT molecular complexity index is 363. The van der Waals surface area contributed by atoms with E-state index in [1.807, 2.05) is 6.92 Å². The summed E-state index contributed by atoms with van der Waals surface area (Å²) in [4.78, 5) is 10.9. The molecule has 0 aromatic carbocycles. The Morgan fingerprint density at radius 2 is 2.31 bits per heavy atom. The molecule has 0 atom stereocenters. The molecule has 0 saturated carbocycles. The average Bonchev–Trinajstić information content (AvgIpc) is 1.99. The van der Waals surface area contributed by atoms with Crippen LogP contribution in [0.3, 0.4) is 0 Å². The Balaban J connectivity index is 2.77. The predicted octanol–water partition coefficient (Wildman–Crippen LogP) is 1.90. The van der Waals surface area contributed by atoms with E-state index in [2.05, 4.69) is 6.58 Å². The fourth-order valence-corrected chi connectivity index (χ4v) is 0.866. The summed E-state index contributed by atoms with van der Waals surface area (Å²) in [5.74, 6) is 1.07. The Morgan fingerprint density at radius 3 is 2.85 bits per heavy atom. The van der Waals surface area contributed by atoms with Crippen molar-refractivity contribution in [3.05, 3.63) is 40.5 Å². The van der Waals surface area contributed by atoms with Gasteiger partial charge in [-0.2, -0.15) is 0 Å². The van der Waals surface area contributed by atoms with E-state index < -0.39 is 5.63 Å². The molecule has 0 saturated heterocycles. The molecule has 0 aliphatic carbocycles. The molecule has 0 unspecified atom stereocenters. The molecule has 13 heavy (non-hydrogen) atoms. The first-order chi connectivity index (χ1) is 6.08. The summed E-state index contributed by atoms with van der Waals surface area (Å²) in [6, 6.07) is 2.99. The second-order valence-electron chi connectivity index (χ2n) is 2.97. The molecule has 0 N–H and O–H groups in total. The number of ether oxygens (including phenoxy) is 1. The number of rotatable bonds is 3. The fraction of sp³-hybridized carbons (Fsp3) is 0.300. The van der Waals surface area contributed by atoms with Gasteiger partial charge in [0, 0.05) is 6.07 Å². The molecule has 0 fully saturated rings. The Kier molecular flexibility index (Phi) is 2.90. The van der Waals surface area contributed by atoms with E-state index in [0.29, 0.717) is 18.1 Å². The summed E-state index contributed by atoms with van der Waals surface area (Å²) in [5.41, 5.74) is 0.516. The van der Waals surface area contributed by atoms with Crippen LogP contribution < -0.4 is 10.4 Å². The van der Waals surface area contributed by atoms with Gasteiger partial charge in [-0.25, -0.2) is 4.79 Å². The maximum atomic E-state index is 10.9. The minimum Gasteiger partial charge on any atom is -0.489 e. The minimum absolute atomic E-state index is 0.392. The van der Waals surface area contributed by atoms with Crippen LogP contribution in [0.5, 0.6) is 5.75 Å². The summed E-state index contributed by atoms with van der Waals surface area (Å²) in [6.07, 6.45) is 0. The van der Waals surface area contributed by atoms with E-state index in [4.69, 9.17) is 9.15 Å². The SMILES string of the molecule is C=C(C)COc1cc(C)oc(=O)c1. The molecule has 70 valence electrons. The zero-order valence-corrected chi connectivity index (χ0v) is 7.79. The second kappa shape index (κ2) is 3.94. The van der Waals surface area contributed by atoms with Gasteiger partial charge in [0.1, 0.15) is 18.1 Å². The molecule has 0 amide bonds. The third-order valence-corrected chi connectivity index (χ3v) is 1.35. The van der Waals surface area contributed by atoms with Crippen LogP contribution in [0.4, 0.5) is 0 Å². The van der Waals surface area contributed by atoms with Crippen molar-refractivity contribution >= 4 is 0 Å². The molecular formula is C10H12O3. The maximum absolute atomic E-state index is 10.9. The van der Waals surface area contributed by atoms with Gasteiger partial charge in [-0.3, -0.25) is 0 Å². The van der Waals surface area contributed by atoms with Gasteiger partial charge in [0.05, 0.1) is 6.07 Å². The molecule has 1 heterocycles. The summed E-state index contributed by atoms with van der Waals surface area (Å²) < 4.78 is 10.0. The van der Waals surface area contributed by atoms with Crippen LogP contribution in [-0.4, -0.2) is 6.61 Å². The van der Waals surface area contributed by atoms with Crippen molar-refractivity contribution in [1.82, 2.24) is 0 Å². The van der Waals surface area contributed by atoms with E-state index in [1.165, 1.54) is 6.07 Å². The molecule has 0 aliphatic heterocycles. The lowest BCUT2D eigenvalue weighted by Gasteiger charge is -2.04. The summed E-state index contributed by atoms with van der Waals surface area (Å²) in [5, 5.41) is 0. The van der Waals surface area contributed by atoms with Gasteiger partial charge < -0.3 is 9.15 Å². The second-order valence-corrected chi connectivity index (χ2v) is 2.97. The van der Waals surface area contributed by atoms with E-state index in [1.54, 1.807) is 13.0 Å². The molecule has 1 aromatic rings. The molecule has 1 aromatic heterocycles. The molecule has 1 rings (SSSR count). The van der Waals surface area contributed by atoms with Gasteiger partial charge in [0.2, 0.25) is 0 Å². The highest BCUT2D eigenvalue weighted by Gasteiger charge is 1.98. The highest BCUT2D eigenvalue weighted by molar-refractivity contribution is 5.20. The monoisotopic (exact) mass is 180 g/mol. The van der Waals surface area contributed by atoms with Crippen LogP contribution >= 0.6 is 0 Å². The summed E-state index contributed by atoms with van der Waals surface area (Å²) >= 11 is 0. The highest BCUT2D eigenvalue weighted by Crippen LogP contribution is 2.09. The molecule has 0 spiro atoms. The van der Waals surface area contributed by atoms with Gasteiger partial charge in [-0.05, 0) is 19.4 Å². The summed E-state index contributed by atoms with van der Waals surface area (Å²) in [7, 11) is 0. The normalized spacial score (nSPS) is 9.69. The minimum atomic E-state index is -0.392. The maximum Gasteiger partial charge on any atom is 0.339 e. The number of aryl methyl sites for hydroxylation is 1. The Labute approximate surface area is 76.6 Å². The van der Waals surface area contributed by atoms with Crippen LogP contribution in [-0.2, 0) is 0 Å². The van der Waals surface area contributed by atoms with Crippen molar-refractivity contribution in [2.75, 3.05) is 6.61 Å². The lowest BCUT2D eigenvalue weighted by molar-refractivity contribution is 0.343. The van der Waals surface area contributed by atoms with Gasteiger partial charge in [0.15, 0.2) is 0 Å². The number of hydrogen-bond donors (Lipinski definition) is 0. The molecule has 0 aliphatic rings. The molecule has 0 radical (unpaired) electrons. The first kappa shape index (κ1) is 9.58. The topological polar surface area (TPSA) is 39.4 Å². The first-order valence-electron chi connectivity index (χ1n) is 3.97.